The van der Waals surface area contributed by atoms with Gasteiger partial charge in [0.2, 0.25) is 0 Å². The molecule has 0 saturated carbocycles. The van der Waals surface area contributed by atoms with Crippen molar-refractivity contribution < 1.29 is 9.90 Å². The number of nitrogens with zero attached hydrogens (tertiary/aromatic N) is 2. The van der Waals surface area contributed by atoms with Crippen molar-refractivity contribution in [1.82, 2.24) is 9.88 Å². The van der Waals surface area contributed by atoms with Gasteiger partial charge in [0.1, 0.15) is 0 Å². The molecule has 0 atom stereocenters. The standard InChI is InChI=1S/C11H17N3O2/c1-3-13-10-8-12-5-4-9(10)11(16)14(2)6-7-15/h4-5,8,13,15H,3,6-7H2,1-2H3. The van der Waals surface area contributed by atoms with Crippen LogP contribution in [-0.4, -0.2) is 47.6 Å². The first-order valence-electron chi connectivity index (χ1n) is 5.25. The molecule has 0 saturated heterocycles. The maximum atomic E-state index is 12.0. The lowest BCUT2D eigenvalue weighted by Crippen LogP contribution is -2.30. The van der Waals surface area contributed by atoms with Crippen molar-refractivity contribution in [3.8, 4) is 0 Å². The Bertz CT molecular complexity index is 355. The molecule has 1 aromatic heterocycles. The second-order valence-electron chi connectivity index (χ2n) is 3.40. The average Bonchev–Trinajstić information content (AvgIpc) is 2.29. The number of anilines is 1. The maximum absolute atomic E-state index is 12.0. The van der Waals surface area contributed by atoms with Crippen LogP contribution in [-0.2, 0) is 0 Å². The number of aliphatic hydroxyl groups is 1. The molecule has 0 aromatic carbocycles. The zero-order valence-corrected chi connectivity index (χ0v) is 9.60. The fraction of sp³-hybridized carbons (Fsp3) is 0.455. The highest BCUT2D eigenvalue weighted by Gasteiger charge is 2.14. The van der Waals surface area contributed by atoms with Crippen LogP contribution < -0.4 is 5.32 Å². The maximum Gasteiger partial charge on any atom is 0.255 e. The summed E-state index contributed by atoms with van der Waals surface area (Å²) in [5, 5.41) is 11.9. The lowest BCUT2D eigenvalue weighted by molar-refractivity contribution is 0.0768. The summed E-state index contributed by atoms with van der Waals surface area (Å²) in [5.74, 6) is -0.118. The number of carbonyl (C=O) groups excluding carboxylic acids is 1. The average molecular weight is 223 g/mol. The number of carbonyl (C=O) groups is 1. The normalized spacial score (nSPS) is 9.94. The Morgan fingerprint density at radius 1 is 1.62 bits per heavy atom. The van der Waals surface area contributed by atoms with Crippen molar-refractivity contribution in [3.63, 3.8) is 0 Å². The number of hydrogen-bond donors (Lipinski definition) is 2. The molecular formula is C11H17N3O2. The first kappa shape index (κ1) is 12.4. The molecule has 1 heterocycles. The molecule has 0 aliphatic heterocycles. The zero-order chi connectivity index (χ0) is 12.0. The van der Waals surface area contributed by atoms with Gasteiger partial charge in [0.25, 0.3) is 5.91 Å². The summed E-state index contributed by atoms with van der Waals surface area (Å²) in [6, 6.07) is 1.67. The van der Waals surface area contributed by atoms with Gasteiger partial charge in [-0.15, -0.1) is 0 Å². The molecule has 0 unspecified atom stereocenters. The quantitative estimate of drug-likeness (QED) is 0.766. The number of pyridine rings is 1. The van der Waals surface area contributed by atoms with Gasteiger partial charge in [-0.05, 0) is 13.0 Å². The van der Waals surface area contributed by atoms with Crippen LogP contribution in [0.2, 0.25) is 0 Å². The lowest BCUT2D eigenvalue weighted by atomic mass is 10.2. The molecule has 0 bridgehead atoms. The lowest BCUT2D eigenvalue weighted by Gasteiger charge is -2.17. The second kappa shape index (κ2) is 6.07. The molecule has 0 fully saturated rings. The molecule has 16 heavy (non-hydrogen) atoms. The van der Waals surface area contributed by atoms with Crippen LogP contribution >= 0.6 is 0 Å². The van der Waals surface area contributed by atoms with Crippen molar-refractivity contribution in [2.45, 2.75) is 6.92 Å². The summed E-state index contributed by atoms with van der Waals surface area (Å²) in [4.78, 5) is 17.4. The largest absolute Gasteiger partial charge is 0.395 e. The van der Waals surface area contributed by atoms with Gasteiger partial charge in [-0.3, -0.25) is 9.78 Å². The van der Waals surface area contributed by atoms with E-state index in [0.717, 1.165) is 12.2 Å². The van der Waals surface area contributed by atoms with Crippen LogP contribution in [0, 0.1) is 0 Å². The highest BCUT2D eigenvalue weighted by atomic mass is 16.3. The molecule has 0 aliphatic rings. The number of nitrogens with one attached hydrogen (secondary N) is 1. The van der Waals surface area contributed by atoms with E-state index in [1.54, 1.807) is 25.5 Å². The van der Waals surface area contributed by atoms with Crippen LogP contribution in [0.4, 0.5) is 5.69 Å². The number of aliphatic hydroxyl groups excluding tert-OH is 1. The van der Waals surface area contributed by atoms with Crippen LogP contribution in [0.15, 0.2) is 18.5 Å². The molecule has 0 spiro atoms. The Labute approximate surface area is 95.1 Å². The van der Waals surface area contributed by atoms with Gasteiger partial charge >= 0.3 is 0 Å². The Kier molecular flexibility index (Phi) is 4.72. The number of hydrogen-bond acceptors (Lipinski definition) is 4. The topological polar surface area (TPSA) is 65.5 Å². The molecule has 1 aromatic rings. The summed E-state index contributed by atoms with van der Waals surface area (Å²) >= 11 is 0. The third kappa shape index (κ3) is 2.93. The van der Waals surface area contributed by atoms with E-state index >= 15 is 0 Å². The molecule has 5 nitrogen and oxygen atoms in total. The van der Waals surface area contributed by atoms with Crippen molar-refractivity contribution in [2.24, 2.45) is 0 Å². The van der Waals surface area contributed by atoms with Gasteiger partial charge in [-0.1, -0.05) is 0 Å². The van der Waals surface area contributed by atoms with E-state index in [1.807, 2.05) is 6.92 Å². The number of amides is 1. The van der Waals surface area contributed by atoms with Gasteiger partial charge in [-0.2, -0.15) is 0 Å². The van der Waals surface area contributed by atoms with E-state index in [0.29, 0.717) is 12.1 Å². The summed E-state index contributed by atoms with van der Waals surface area (Å²) in [6.45, 7) is 2.98. The zero-order valence-electron chi connectivity index (χ0n) is 9.60. The minimum Gasteiger partial charge on any atom is -0.395 e. The predicted molar refractivity (Wildman–Crippen MR) is 62.4 cm³/mol. The fourth-order valence-corrected chi connectivity index (χ4v) is 1.37. The predicted octanol–water partition coefficient (Wildman–Crippen LogP) is 0.578. The third-order valence-electron chi connectivity index (χ3n) is 2.20. The van der Waals surface area contributed by atoms with Crippen LogP contribution in [0.1, 0.15) is 17.3 Å². The Hall–Kier alpha value is -1.62. The molecule has 0 aliphatic carbocycles. The third-order valence-corrected chi connectivity index (χ3v) is 2.20. The molecule has 1 amide bonds. The monoisotopic (exact) mass is 223 g/mol. The first-order valence-corrected chi connectivity index (χ1v) is 5.25. The van der Waals surface area contributed by atoms with Crippen molar-refractivity contribution in [2.75, 3.05) is 32.1 Å². The molecule has 0 radical (unpaired) electrons. The summed E-state index contributed by atoms with van der Waals surface area (Å²) in [6.07, 6.45) is 3.21. The van der Waals surface area contributed by atoms with Crippen LogP contribution in [0.3, 0.4) is 0 Å². The molecular weight excluding hydrogens is 206 g/mol. The van der Waals surface area contributed by atoms with Crippen molar-refractivity contribution in [3.05, 3.63) is 24.0 Å². The minimum atomic E-state index is -0.118. The smallest absolute Gasteiger partial charge is 0.255 e. The summed E-state index contributed by atoms with van der Waals surface area (Å²) in [7, 11) is 1.66. The van der Waals surface area contributed by atoms with E-state index in [1.165, 1.54) is 4.90 Å². The minimum absolute atomic E-state index is 0.0378. The molecule has 1 rings (SSSR count). The van der Waals surface area contributed by atoms with E-state index < -0.39 is 0 Å². The van der Waals surface area contributed by atoms with Gasteiger partial charge in [0.15, 0.2) is 0 Å². The molecule has 5 heteroatoms. The fourth-order valence-electron chi connectivity index (χ4n) is 1.37. The van der Waals surface area contributed by atoms with Crippen molar-refractivity contribution in [1.29, 1.82) is 0 Å². The van der Waals surface area contributed by atoms with Crippen molar-refractivity contribution >= 4 is 11.6 Å². The van der Waals surface area contributed by atoms with E-state index in [2.05, 4.69) is 10.3 Å². The Balaban J connectivity index is 2.89. The first-order chi connectivity index (χ1) is 7.70. The van der Waals surface area contributed by atoms with E-state index in [4.69, 9.17) is 5.11 Å². The van der Waals surface area contributed by atoms with Gasteiger partial charge in [-0.25, -0.2) is 0 Å². The molecule has 2 N–H and O–H groups in total. The highest BCUT2D eigenvalue weighted by Crippen LogP contribution is 2.14. The van der Waals surface area contributed by atoms with Gasteiger partial charge < -0.3 is 15.3 Å². The summed E-state index contributed by atoms with van der Waals surface area (Å²) in [5.41, 5.74) is 1.30. The Morgan fingerprint density at radius 2 is 2.38 bits per heavy atom. The number of likely N-dealkylation sites (N-methyl/N-ethyl adjacent to an activating group) is 1. The highest BCUT2D eigenvalue weighted by molar-refractivity contribution is 5.99. The SMILES string of the molecule is CCNc1cnccc1C(=O)N(C)CCO. The van der Waals surface area contributed by atoms with Gasteiger partial charge in [0.05, 0.1) is 24.1 Å². The molecule has 88 valence electrons. The summed E-state index contributed by atoms with van der Waals surface area (Å²) < 4.78 is 0. The second-order valence-corrected chi connectivity index (χ2v) is 3.40. The van der Waals surface area contributed by atoms with E-state index in [9.17, 15) is 4.79 Å². The number of aromatic nitrogens is 1. The van der Waals surface area contributed by atoms with Gasteiger partial charge in [0, 0.05) is 26.3 Å². The van der Waals surface area contributed by atoms with E-state index in [-0.39, 0.29) is 12.5 Å². The Morgan fingerprint density at radius 3 is 3.00 bits per heavy atom. The number of rotatable bonds is 5. The van der Waals surface area contributed by atoms with Crippen LogP contribution in [0.25, 0.3) is 0 Å². The van der Waals surface area contributed by atoms with Crippen LogP contribution in [0.5, 0.6) is 0 Å².